The van der Waals surface area contributed by atoms with Gasteiger partial charge in [0.15, 0.2) is 5.82 Å². The molecule has 0 spiro atoms. The number of anilines is 1. The number of ether oxygens (including phenoxy) is 1. The molecule has 26 heavy (non-hydrogen) atoms. The number of hydrogen-bond donors (Lipinski definition) is 1. The lowest BCUT2D eigenvalue weighted by molar-refractivity contribution is 0.413. The van der Waals surface area contributed by atoms with Gasteiger partial charge in [0.05, 0.1) is 17.5 Å². The van der Waals surface area contributed by atoms with Crippen LogP contribution in [0.3, 0.4) is 0 Å². The molecule has 0 bridgehead atoms. The summed E-state index contributed by atoms with van der Waals surface area (Å²) in [6.07, 6.45) is 2.96. The summed E-state index contributed by atoms with van der Waals surface area (Å²) in [5, 5.41) is 3.29. The summed E-state index contributed by atoms with van der Waals surface area (Å²) in [5.74, 6) is 1.20. The van der Waals surface area contributed by atoms with Crippen molar-refractivity contribution in [3.63, 3.8) is 0 Å². The van der Waals surface area contributed by atoms with E-state index in [2.05, 4.69) is 20.2 Å². The minimum Gasteiger partial charge on any atom is -0.497 e. The van der Waals surface area contributed by atoms with Crippen molar-refractivity contribution in [2.45, 2.75) is 4.90 Å². The van der Waals surface area contributed by atoms with Gasteiger partial charge < -0.3 is 15.0 Å². The van der Waals surface area contributed by atoms with Crippen LogP contribution in [0, 0.1) is 0 Å². The standard InChI is InChI=1S/C17H19N5O3S/c1-25-13-3-2-4-14(11-13)26(23,24)22-12-20-16-15(22)5-6-19-17(16)21-9-7-18-8-10-21/h2-6,11-12,18H,7-10H2,1H3. The van der Waals surface area contributed by atoms with E-state index in [0.29, 0.717) is 22.6 Å². The quantitative estimate of drug-likeness (QED) is 0.732. The summed E-state index contributed by atoms with van der Waals surface area (Å²) >= 11 is 0. The summed E-state index contributed by atoms with van der Waals surface area (Å²) in [6.45, 7) is 3.34. The average molecular weight is 373 g/mol. The lowest BCUT2D eigenvalue weighted by Gasteiger charge is -2.28. The van der Waals surface area contributed by atoms with Gasteiger partial charge in [0.1, 0.15) is 17.6 Å². The first-order valence-electron chi connectivity index (χ1n) is 8.28. The van der Waals surface area contributed by atoms with E-state index < -0.39 is 10.0 Å². The molecule has 0 radical (unpaired) electrons. The molecule has 136 valence electrons. The van der Waals surface area contributed by atoms with Gasteiger partial charge in [-0.3, -0.25) is 0 Å². The maximum atomic E-state index is 13.1. The Morgan fingerprint density at radius 2 is 1.96 bits per heavy atom. The molecule has 1 fully saturated rings. The fourth-order valence-electron chi connectivity index (χ4n) is 3.08. The van der Waals surface area contributed by atoms with Crippen molar-refractivity contribution in [2.24, 2.45) is 0 Å². The number of nitrogens with one attached hydrogen (secondary N) is 1. The number of pyridine rings is 1. The van der Waals surface area contributed by atoms with Crippen LogP contribution < -0.4 is 15.0 Å². The van der Waals surface area contributed by atoms with Crippen molar-refractivity contribution in [1.29, 1.82) is 0 Å². The number of methoxy groups -OCH3 is 1. The SMILES string of the molecule is COc1cccc(S(=O)(=O)n2cnc3c(N4CCNCC4)nccc32)c1. The van der Waals surface area contributed by atoms with Gasteiger partial charge in [-0.25, -0.2) is 22.4 Å². The van der Waals surface area contributed by atoms with Gasteiger partial charge in [-0.1, -0.05) is 6.07 Å². The molecule has 3 heterocycles. The number of rotatable bonds is 4. The van der Waals surface area contributed by atoms with E-state index >= 15 is 0 Å². The van der Waals surface area contributed by atoms with E-state index in [9.17, 15) is 8.42 Å². The van der Waals surface area contributed by atoms with Crippen LogP contribution in [0.15, 0.2) is 47.8 Å². The largest absolute Gasteiger partial charge is 0.497 e. The molecular formula is C17H19N5O3S. The zero-order valence-corrected chi connectivity index (χ0v) is 15.1. The first-order valence-corrected chi connectivity index (χ1v) is 9.72. The lowest BCUT2D eigenvalue weighted by atomic mass is 10.3. The first-order chi connectivity index (χ1) is 12.6. The molecule has 4 rings (SSSR count). The summed E-state index contributed by atoms with van der Waals surface area (Å²) in [4.78, 5) is 11.1. The van der Waals surface area contributed by atoms with E-state index in [-0.39, 0.29) is 4.90 Å². The third-order valence-electron chi connectivity index (χ3n) is 4.43. The van der Waals surface area contributed by atoms with Crippen molar-refractivity contribution >= 4 is 26.9 Å². The van der Waals surface area contributed by atoms with Crippen LogP contribution in [0.1, 0.15) is 0 Å². The van der Waals surface area contributed by atoms with Crippen LogP contribution in [-0.2, 0) is 10.0 Å². The summed E-state index contributed by atoms with van der Waals surface area (Å²) in [6, 6.07) is 8.07. The highest BCUT2D eigenvalue weighted by Gasteiger charge is 2.23. The number of benzene rings is 1. The van der Waals surface area contributed by atoms with Gasteiger partial charge in [0, 0.05) is 38.4 Å². The molecule has 0 atom stereocenters. The fraction of sp³-hybridized carbons (Fsp3) is 0.294. The van der Waals surface area contributed by atoms with Crippen LogP contribution in [0.25, 0.3) is 11.0 Å². The van der Waals surface area contributed by atoms with Gasteiger partial charge in [-0.05, 0) is 18.2 Å². The number of fused-ring (bicyclic) bond motifs is 1. The van der Waals surface area contributed by atoms with E-state index in [0.717, 1.165) is 26.2 Å². The van der Waals surface area contributed by atoms with E-state index in [1.165, 1.54) is 23.5 Å². The molecule has 8 nitrogen and oxygen atoms in total. The third-order valence-corrected chi connectivity index (χ3v) is 6.09. The van der Waals surface area contributed by atoms with Gasteiger partial charge >= 0.3 is 0 Å². The smallest absolute Gasteiger partial charge is 0.269 e. The fourth-order valence-corrected chi connectivity index (χ4v) is 4.40. The van der Waals surface area contributed by atoms with Gasteiger partial charge in [-0.15, -0.1) is 0 Å². The predicted molar refractivity (Wildman–Crippen MR) is 98.2 cm³/mol. The van der Waals surface area contributed by atoms with Gasteiger partial charge in [-0.2, -0.15) is 0 Å². The van der Waals surface area contributed by atoms with E-state index in [4.69, 9.17) is 4.74 Å². The second-order valence-corrected chi connectivity index (χ2v) is 7.78. The number of imidazole rings is 1. The van der Waals surface area contributed by atoms with Crippen molar-refractivity contribution in [3.05, 3.63) is 42.9 Å². The minimum atomic E-state index is -3.79. The van der Waals surface area contributed by atoms with Gasteiger partial charge in [0.2, 0.25) is 0 Å². The Morgan fingerprint density at radius 3 is 2.73 bits per heavy atom. The molecular weight excluding hydrogens is 354 g/mol. The maximum Gasteiger partial charge on any atom is 0.269 e. The molecule has 1 aliphatic rings. The average Bonchev–Trinajstić information content (AvgIpc) is 3.13. The number of piperazine rings is 1. The number of nitrogens with zero attached hydrogens (tertiary/aromatic N) is 4. The Morgan fingerprint density at radius 1 is 1.15 bits per heavy atom. The van der Waals surface area contributed by atoms with E-state index in [1.54, 1.807) is 30.5 Å². The molecule has 0 amide bonds. The zero-order chi connectivity index (χ0) is 18.1. The second-order valence-electron chi connectivity index (χ2n) is 5.96. The molecule has 1 N–H and O–H groups in total. The topological polar surface area (TPSA) is 89.4 Å². The number of aromatic nitrogens is 3. The predicted octanol–water partition coefficient (Wildman–Crippen LogP) is 1.09. The molecule has 1 aliphatic heterocycles. The van der Waals surface area contributed by atoms with Crippen molar-refractivity contribution in [2.75, 3.05) is 38.2 Å². The van der Waals surface area contributed by atoms with Crippen molar-refractivity contribution in [1.82, 2.24) is 19.3 Å². The normalized spacial score (nSPS) is 15.3. The zero-order valence-electron chi connectivity index (χ0n) is 14.3. The molecule has 3 aromatic rings. The van der Waals surface area contributed by atoms with Crippen LogP contribution in [0.4, 0.5) is 5.82 Å². The van der Waals surface area contributed by atoms with Crippen LogP contribution in [0.5, 0.6) is 5.75 Å². The Hall–Kier alpha value is -2.65. The van der Waals surface area contributed by atoms with E-state index in [1.807, 2.05) is 0 Å². The molecule has 2 aromatic heterocycles. The molecule has 9 heteroatoms. The first kappa shape index (κ1) is 16.8. The Bertz CT molecular complexity index is 1040. The molecule has 0 aliphatic carbocycles. The third kappa shape index (κ3) is 2.78. The van der Waals surface area contributed by atoms with Crippen LogP contribution >= 0.6 is 0 Å². The second kappa shape index (κ2) is 6.58. The highest BCUT2D eigenvalue weighted by Crippen LogP contribution is 2.27. The summed E-state index contributed by atoms with van der Waals surface area (Å²) in [5.41, 5.74) is 1.09. The monoisotopic (exact) mass is 373 g/mol. The number of hydrogen-bond acceptors (Lipinski definition) is 7. The summed E-state index contributed by atoms with van der Waals surface area (Å²) in [7, 11) is -2.28. The van der Waals surface area contributed by atoms with Gasteiger partial charge in [0.25, 0.3) is 10.0 Å². The molecule has 1 aromatic carbocycles. The van der Waals surface area contributed by atoms with Crippen molar-refractivity contribution in [3.8, 4) is 5.75 Å². The minimum absolute atomic E-state index is 0.150. The Balaban J connectivity index is 1.82. The van der Waals surface area contributed by atoms with Crippen LogP contribution in [-0.4, -0.2) is 55.6 Å². The highest BCUT2D eigenvalue weighted by atomic mass is 32.2. The molecule has 0 unspecified atom stereocenters. The van der Waals surface area contributed by atoms with Crippen molar-refractivity contribution < 1.29 is 13.2 Å². The van der Waals surface area contributed by atoms with Crippen LogP contribution in [0.2, 0.25) is 0 Å². The Kier molecular flexibility index (Phi) is 4.25. The Labute approximate surface area is 151 Å². The highest BCUT2D eigenvalue weighted by molar-refractivity contribution is 7.90. The maximum absolute atomic E-state index is 13.1. The molecule has 1 saturated heterocycles. The molecule has 0 saturated carbocycles. The summed E-state index contributed by atoms with van der Waals surface area (Å²) < 4.78 is 32.5. The lowest BCUT2D eigenvalue weighted by Crippen LogP contribution is -2.44.